The first-order valence-electron chi connectivity index (χ1n) is 12.3. The van der Waals surface area contributed by atoms with Crippen LogP contribution in [0.4, 0.5) is 0 Å². The minimum absolute atomic E-state index is 0.475. The van der Waals surface area contributed by atoms with E-state index in [0.29, 0.717) is 24.0 Å². The SMILES string of the molecule is Clc1ccc(C2=C(c3ccc(Cl)cc3)N(N3CCCCC3)CC(Cn3nnnc3C3CC3)=N2)cc1. The van der Waals surface area contributed by atoms with Crippen molar-refractivity contribution >= 4 is 40.3 Å². The van der Waals surface area contributed by atoms with Crippen molar-refractivity contribution in [2.75, 3.05) is 19.6 Å². The molecular weight excluding hydrogens is 481 g/mol. The number of hydrogen-bond donors (Lipinski definition) is 0. The van der Waals surface area contributed by atoms with Crippen molar-refractivity contribution in [2.24, 2.45) is 4.99 Å². The lowest BCUT2D eigenvalue weighted by molar-refractivity contribution is 0.0273. The van der Waals surface area contributed by atoms with Crippen LogP contribution in [0.3, 0.4) is 0 Å². The Morgan fingerprint density at radius 1 is 0.829 bits per heavy atom. The zero-order chi connectivity index (χ0) is 23.8. The molecule has 0 atom stereocenters. The Labute approximate surface area is 215 Å². The lowest BCUT2D eigenvalue weighted by Crippen LogP contribution is -2.48. The normalized spacial score (nSPS) is 19.3. The molecule has 0 spiro atoms. The van der Waals surface area contributed by atoms with Crippen molar-refractivity contribution in [1.82, 2.24) is 30.2 Å². The summed E-state index contributed by atoms with van der Waals surface area (Å²) in [5.74, 6) is 1.45. The standard InChI is InChI=1S/C26H27Cl2N7/c27-21-10-6-18(7-11-21)24-25(19-8-12-22(28)13-9-19)35(33-14-2-1-3-15-33)17-23(29-24)16-34-26(20-4-5-20)30-31-32-34/h6-13,20H,1-5,14-17H2. The van der Waals surface area contributed by atoms with Crippen molar-refractivity contribution in [1.29, 1.82) is 0 Å². The first-order chi connectivity index (χ1) is 17.2. The molecule has 7 nitrogen and oxygen atoms in total. The molecule has 9 heteroatoms. The molecule has 0 bridgehead atoms. The summed E-state index contributed by atoms with van der Waals surface area (Å²) in [5.41, 5.74) is 5.17. The molecule has 1 saturated carbocycles. The predicted molar refractivity (Wildman–Crippen MR) is 139 cm³/mol. The van der Waals surface area contributed by atoms with Crippen LogP contribution in [0.5, 0.6) is 0 Å². The number of hydrogen-bond acceptors (Lipinski definition) is 6. The number of rotatable bonds is 6. The summed E-state index contributed by atoms with van der Waals surface area (Å²) in [6.07, 6.45) is 5.95. The third-order valence-electron chi connectivity index (χ3n) is 6.83. The smallest absolute Gasteiger partial charge is 0.154 e. The molecule has 35 heavy (non-hydrogen) atoms. The number of aliphatic imine (C=N–C) groups is 1. The summed E-state index contributed by atoms with van der Waals surface area (Å²) in [5, 5.41) is 18.9. The molecule has 3 heterocycles. The van der Waals surface area contributed by atoms with Gasteiger partial charge in [0.05, 0.1) is 30.2 Å². The minimum atomic E-state index is 0.475. The molecule has 1 aliphatic carbocycles. The van der Waals surface area contributed by atoms with E-state index in [0.717, 1.165) is 65.0 Å². The fraction of sp³-hybridized carbons (Fsp3) is 0.385. The summed E-state index contributed by atoms with van der Waals surface area (Å²) < 4.78 is 1.93. The number of benzene rings is 2. The van der Waals surface area contributed by atoms with E-state index in [4.69, 9.17) is 28.2 Å². The van der Waals surface area contributed by atoms with Gasteiger partial charge in [-0.1, -0.05) is 53.9 Å². The maximum absolute atomic E-state index is 6.25. The maximum Gasteiger partial charge on any atom is 0.154 e. The highest BCUT2D eigenvalue weighted by molar-refractivity contribution is 6.31. The van der Waals surface area contributed by atoms with E-state index >= 15 is 0 Å². The van der Waals surface area contributed by atoms with Crippen LogP contribution < -0.4 is 0 Å². The topological polar surface area (TPSA) is 62.4 Å². The molecule has 1 saturated heterocycles. The number of piperidine rings is 1. The van der Waals surface area contributed by atoms with Crippen LogP contribution in [-0.4, -0.2) is 55.6 Å². The van der Waals surface area contributed by atoms with E-state index in [1.807, 2.05) is 41.1 Å². The van der Waals surface area contributed by atoms with E-state index in [1.54, 1.807) is 0 Å². The zero-order valence-electron chi connectivity index (χ0n) is 19.4. The first-order valence-corrected chi connectivity index (χ1v) is 13.0. The highest BCUT2D eigenvalue weighted by Crippen LogP contribution is 2.39. The Morgan fingerprint density at radius 2 is 1.49 bits per heavy atom. The number of aromatic nitrogens is 4. The summed E-state index contributed by atoms with van der Waals surface area (Å²) in [4.78, 5) is 5.24. The van der Waals surface area contributed by atoms with E-state index in [9.17, 15) is 0 Å². The summed E-state index contributed by atoms with van der Waals surface area (Å²) in [6, 6.07) is 16.0. The third-order valence-corrected chi connectivity index (χ3v) is 7.33. The highest BCUT2D eigenvalue weighted by atomic mass is 35.5. The van der Waals surface area contributed by atoms with Gasteiger partial charge in [0, 0.05) is 40.2 Å². The molecule has 3 aliphatic rings. The van der Waals surface area contributed by atoms with E-state index in [-0.39, 0.29) is 0 Å². The number of nitrogens with zero attached hydrogens (tertiary/aromatic N) is 7. The van der Waals surface area contributed by atoms with Crippen LogP contribution in [0.15, 0.2) is 53.5 Å². The molecular formula is C26H27Cl2N7. The largest absolute Gasteiger partial charge is 0.297 e. The molecule has 0 N–H and O–H groups in total. The second-order valence-electron chi connectivity index (χ2n) is 9.43. The Morgan fingerprint density at radius 3 is 2.14 bits per heavy atom. The Hall–Kier alpha value is -2.74. The fourth-order valence-electron chi connectivity index (χ4n) is 4.90. The van der Waals surface area contributed by atoms with Crippen LogP contribution in [0.25, 0.3) is 11.4 Å². The van der Waals surface area contributed by atoms with Gasteiger partial charge in [-0.05, 0) is 60.4 Å². The molecule has 3 aromatic rings. The molecule has 1 aromatic heterocycles. The minimum Gasteiger partial charge on any atom is -0.297 e. The van der Waals surface area contributed by atoms with Gasteiger partial charge < -0.3 is 0 Å². The molecule has 0 amide bonds. The molecule has 0 radical (unpaired) electrons. The maximum atomic E-state index is 6.25. The van der Waals surface area contributed by atoms with Crippen LogP contribution in [0.2, 0.25) is 10.0 Å². The highest BCUT2D eigenvalue weighted by Gasteiger charge is 2.33. The van der Waals surface area contributed by atoms with Crippen LogP contribution in [0, 0.1) is 0 Å². The average Bonchev–Trinajstić information content (AvgIpc) is 3.63. The van der Waals surface area contributed by atoms with Gasteiger partial charge in [0.15, 0.2) is 5.82 Å². The van der Waals surface area contributed by atoms with Crippen molar-refractivity contribution in [2.45, 2.75) is 44.6 Å². The molecule has 2 aromatic carbocycles. The second-order valence-corrected chi connectivity index (χ2v) is 10.3. The van der Waals surface area contributed by atoms with Crippen molar-refractivity contribution < 1.29 is 0 Å². The molecule has 2 fully saturated rings. The van der Waals surface area contributed by atoms with Gasteiger partial charge in [-0.25, -0.2) is 9.69 Å². The van der Waals surface area contributed by atoms with Gasteiger partial charge >= 0.3 is 0 Å². The molecule has 0 unspecified atom stereocenters. The Balaban J connectivity index is 1.48. The van der Waals surface area contributed by atoms with Gasteiger partial charge in [0.1, 0.15) is 0 Å². The number of hydrazine groups is 1. The third kappa shape index (κ3) is 4.85. The fourth-order valence-corrected chi connectivity index (χ4v) is 5.15. The van der Waals surface area contributed by atoms with Gasteiger partial charge in [-0.3, -0.25) is 10.0 Å². The Kier molecular flexibility index (Phi) is 6.31. The Bertz CT molecular complexity index is 1250. The molecule has 2 aliphatic heterocycles. The second kappa shape index (κ2) is 9.72. The van der Waals surface area contributed by atoms with Crippen molar-refractivity contribution in [3.8, 4) is 0 Å². The van der Waals surface area contributed by atoms with Gasteiger partial charge in [0.25, 0.3) is 0 Å². The lowest BCUT2D eigenvalue weighted by Gasteiger charge is -2.43. The summed E-state index contributed by atoms with van der Waals surface area (Å²) >= 11 is 12.5. The number of halogens is 2. The zero-order valence-corrected chi connectivity index (χ0v) is 21.0. The number of tetrazole rings is 1. The van der Waals surface area contributed by atoms with E-state index in [2.05, 4.69) is 37.7 Å². The first kappa shape index (κ1) is 22.7. The van der Waals surface area contributed by atoms with E-state index in [1.165, 1.54) is 19.3 Å². The quantitative estimate of drug-likeness (QED) is 0.438. The lowest BCUT2D eigenvalue weighted by atomic mass is 10.0. The van der Waals surface area contributed by atoms with E-state index < -0.39 is 0 Å². The molecule has 180 valence electrons. The van der Waals surface area contributed by atoms with Crippen LogP contribution in [-0.2, 0) is 6.54 Å². The molecule has 6 rings (SSSR count). The van der Waals surface area contributed by atoms with Crippen LogP contribution >= 0.6 is 23.2 Å². The van der Waals surface area contributed by atoms with Crippen LogP contribution in [0.1, 0.15) is 55.0 Å². The summed E-state index contributed by atoms with van der Waals surface area (Å²) in [7, 11) is 0. The monoisotopic (exact) mass is 507 g/mol. The van der Waals surface area contributed by atoms with Gasteiger partial charge in [0.2, 0.25) is 0 Å². The average molecular weight is 508 g/mol. The predicted octanol–water partition coefficient (Wildman–Crippen LogP) is 5.54. The van der Waals surface area contributed by atoms with Gasteiger partial charge in [-0.15, -0.1) is 5.10 Å². The van der Waals surface area contributed by atoms with Crippen molar-refractivity contribution in [3.05, 3.63) is 75.5 Å². The van der Waals surface area contributed by atoms with Gasteiger partial charge in [-0.2, -0.15) is 0 Å². The summed E-state index contributed by atoms with van der Waals surface area (Å²) in [6.45, 7) is 3.32. The van der Waals surface area contributed by atoms with Crippen molar-refractivity contribution in [3.63, 3.8) is 0 Å².